The van der Waals surface area contributed by atoms with Crippen LogP contribution < -0.4 is 0 Å². The second kappa shape index (κ2) is 12.9. The van der Waals surface area contributed by atoms with Gasteiger partial charge in [0.05, 0.1) is 13.2 Å². The Morgan fingerprint density at radius 2 is 1.31 bits per heavy atom. The van der Waals surface area contributed by atoms with Crippen molar-refractivity contribution in [2.75, 3.05) is 49.4 Å². The van der Waals surface area contributed by atoms with Gasteiger partial charge in [-0.2, -0.15) is 33.2 Å². The second-order valence-corrected chi connectivity index (χ2v) is 5.01. The van der Waals surface area contributed by atoms with Crippen molar-refractivity contribution < 1.29 is 25.0 Å². The lowest BCUT2D eigenvalue weighted by molar-refractivity contribution is -0.980. The lowest BCUT2D eigenvalue weighted by Crippen LogP contribution is -2.14. The van der Waals surface area contributed by atoms with E-state index in [9.17, 15) is 4.91 Å². The van der Waals surface area contributed by atoms with Crippen molar-refractivity contribution >= 4 is 23.5 Å². The van der Waals surface area contributed by atoms with E-state index in [-0.39, 0.29) is 31.5 Å². The van der Waals surface area contributed by atoms with Crippen LogP contribution in [-0.2, 0) is 9.68 Å². The summed E-state index contributed by atoms with van der Waals surface area (Å²) in [5, 5.41) is 17.1. The lowest BCUT2D eigenvalue weighted by atomic mass is 10.9. The van der Waals surface area contributed by atoms with Gasteiger partial charge in [0.2, 0.25) is 0 Å². The first-order valence-electron chi connectivity index (χ1n) is 4.91. The minimum Gasteiger partial charge on any atom is -0.396 e. The largest absolute Gasteiger partial charge is 0.477 e. The van der Waals surface area contributed by atoms with Crippen LogP contribution in [0.1, 0.15) is 0 Å². The Labute approximate surface area is 103 Å². The van der Waals surface area contributed by atoms with E-state index < -0.39 is 0 Å². The third-order valence-corrected chi connectivity index (χ3v) is 3.17. The maximum Gasteiger partial charge on any atom is 0.477 e. The number of nitrogens with zero attached hydrogens (tertiary/aromatic N) is 1. The van der Waals surface area contributed by atoms with E-state index in [0.717, 1.165) is 0 Å². The number of hydrogen-bond donors (Lipinski definition) is 2. The first kappa shape index (κ1) is 15.8. The molecule has 0 aromatic heterocycles. The highest BCUT2D eigenvalue weighted by Gasteiger charge is 2.11. The Kier molecular flexibility index (Phi) is 12.7. The van der Waals surface area contributed by atoms with Crippen LogP contribution in [-0.4, -0.2) is 64.7 Å². The van der Waals surface area contributed by atoms with Crippen molar-refractivity contribution in [2.24, 2.45) is 0 Å². The molecular weight excluding hydrogens is 254 g/mol. The minimum atomic E-state index is 0.110. The Balaban J connectivity index is 3.12. The molecule has 0 fully saturated rings. The van der Waals surface area contributed by atoms with Gasteiger partial charge in [-0.05, 0) is 0 Å². The molecule has 16 heavy (non-hydrogen) atoms. The van der Waals surface area contributed by atoms with Crippen LogP contribution in [0.3, 0.4) is 0 Å². The van der Waals surface area contributed by atoms with Crippen molar-refractivity contribution in [1.29, 1.82) is 0 Å². The molecule has 96 valence electrons. The molecule has 6 nitrogen and oxygen atoms in total. The van der Waals surface area contributed by atoms with Gasteiger partial charge in [-0.1, -0.05) is 0 Å². The summed E-state index contributed by atoms with van der Waals surface area (Å²) in [4.78, 5) is 20.2. The summed E-state index contributed by atoms with van der Waals surface area (Å²) in [6, 6.07) is 0. The molecule has 0 saturated heterocycles. The molecule has 0 heterocycles. The molecule has 0 spiro atoms. The molecule has 0 saturated carbocycles. The van der Waals surface area contributed by atoms with Crippen molar-refractivity contribution in [1.82, 2.24) is 0 Å². The first-order chi connectivity index (χ1) is 7.81. The van der Waals surface area contributed by atoms with Gasteiger partial charge in [0.1, 0.15) is 4.91 Å². The average Bonchev–Trinajstić information content (AvgIpc) is 2.28. The molecule has 0 rings (SSSR count). The zero-order valence-electron chi connectivity index (χ0n) is 9.04. The van der Waals surface area contributed by atoms with Crippen LogP contribution in [0, 0.1) is 4.91 Å². The molecule has 0 amide bonds. The summed E-state index contributed by atoms with van der Waals surface area (Å²) in [5.41, 5.74) is 0. The van der Waals surface area contributed by atoms with E-state index in [1.54, 1.807) is 0 Å². The summed E-state index contributed by atoms with van der Waals surface area (Å²) in [6.45, 7) is 0.782. The van der Waals surface area contributed by atoms with Crippen LogP contribution in [0.4, 0.5) is 0 Å². The van der Waals surface area contributed by atoms with Crippen molar-refractivity contribution in [2.45, 2.75) is 0 Å². The number of aliphatic hydroxyl groups excluding tert-OH is 2. The third kappa shape index (κ3) is 11.9. The van der Waals surface area contributed by atoms with Gasteiger partial charge < -0.3 is 10.2 Å². The zero-order valence-corrected chi connectivity index (χ0v) is 10.7. The molecular formula is C8H18NO5S2+. The monoisotopic (exact) mass is 272 g/mol. The molecule has 2 N–H and O–H groups in total. The first-order valence-corrected chi connectivity index (χ1v) is 7.22. The van der Waals surface area contributed by atoms with E-state index in [0.29, 0.717) is 23.0 Å². The normalized spacial score (nSPS) is 10.1. The van der Waals surface area contributed by atoms with Crippen molar-refractivity contribution in [3.05, 3.63) is 4.91 Å². The molecule has 0 aromatic rings. The Morgan fingerprint density at radius 3 is 1.69 bits per heavy atom. The minimum absolute atomic E-state index is 0.110. The molecule has 8 heteroatoms. The standard InChI is InChI=1S/C8H18NO5S2/c10-1-5-15-7-3-13-9(12)14-4-8-16-6-2-11/h10-11H,1-8H2/q+1. The van der Waals surface area contributed by atoms with Gasteiger partial charge in [-0.15, -0.1) is 0 Å². The fourth-order valence-electron chi connectivity index (χ4n) is 0.712. The van der Waals surface area contributed by atoms with E-state index in [2.05, 4.69) is 9.68 Å². The zero-order chi connectivity index (χ0) is 12.1. The SMILES string of the molecule is O=[N+](OCCSCCO)OCCSCCO. The van der Waals surface area contributed by atoms with Crippen LogP contribution in [0.2, 0.25) is 0 Å². The van der Waals surface area contributed by atoms with Crippen LogP contribution >= 0.6 is 23.5 Å². The van der Waals surface area contributed by atoms with Gasteiger partial charge in [0.15, 0.2) is 13.2 Å². The summed E-state index contributed by atoms with van der Waals surface area (Å²) < 4.78 is 0. The Hall–Kier alpha value is -0.180. The summed E-state index contributed by atoms with van der Waals surface area (Å²) in [5.74, 6) is 2.56. The van der Waals surface area contributed by atoms with Crippen LogP contribution in [0.25, 0.3) is 0 Å². The van der Waals surface area contributed by atoms with Gasteiger partial charge in [-0.3, -0.25) is 0 Å². The van der Waals surface area contributed by atoms with E-state index >= 15 is 0 Å². The second-order valence-electron chi connectivity index (χ2n) is 2.56. The molecule has 0 bridgehead atoms. The number of thioether (sulfide) groups is 2. The molecule has 0 aliphatic heterocycles. The lowest BCUT2D eigenvalue weighted by Gasteiger charge is -1.96. The maximum atomic E-state index is 10.9. The van der Waals surface area contributed by atoms with Crippen molar-refractivity contribution in [3.63, 3.8) is 0 Å². The fourth-order valence-corrected chi connectivity index (χ4v) is 1.76. The van der Waals surface area contributed by atoms with Crippen LogP contribution in [0.15, 0.2) is 0 Å². The molecule has 0 aliphatic carbocycles. The molecule has 0 aromatic carbocycles. The molecule has 0 aliphatic rings. The van der Waals surface area contributed by atoms with E-state index in [1.165, 1.54) is 23.5 Å². The van der Waals surface area contributed by atoms with Crippen LogP contribution in [0.5, 0.6) is 0 Å². The molecule has 0 radical (unpaired) electrons. The summed E-state index contributed by atoms with van der Waals surface area (Å²) in [7, 11) is 0. The highest BCUT2D eigenvalue weighted by molar-refractivity contribution is 7.99. The van der Waals surface area contributed by atoms with E-state index in [1.807, 2.05) is 0 Å². The molecule has 0 atom stereocenters. The van der Waals surface area contributed by atoms with Crippen molar-refractivity contribution in [3.8, 4) is 0 Å². The van der Waals surface area contributed by atoms with Gasteiger partial charge >= 0.3 is 5.09 Å². The highest BCUT2D eigenvalue weighted by Crippen LogP contribution is 1.99. The quantitative estimate of drug-likeness (QED) is 0.385. The maximum absolute atomic E-state index is 10.9. The average molecular weight is 272 g/mol. The Bertz CT molecular complexity index is 157. The number of rotatable bonds is 12. The third-order valence-electron chi connectivity index (χ3n) is 1.32. The van der Waals surface area contributed by atoms with E-state index in [4.69, 9.17) is 10.2 Å². The van der Waals surface area contributed by atoms with Gasteiger partial charge in [-0.25, -0.2) is 0 Å². The highest BCUT2D eigenvalue weighted by atomic mass is 32.2. The predicted octanol–water partition coefficient (Wildman–Crippen LogP) is 0.0795. The topological polar surface area (TPSA) is 79.0 Å². The fraction of sp³-hybridized carbons (Fsp3) is 1.00. The predicted molar refractivity (Wildman–Crippen MR) is 64.4 cm³/mol. The van der Waals surface area contributed by atoms with Gasteiger partial charge in [0.25, 0.3) is 0 Å². The summed E-state index contributed by atoms with van der Waals surface area (Å²) >= 11 is 3.00. The smallest absolute Gasteiger partial charge is 0.396 e. The Morgan fingerprint density at radius 1 is 0.875 bits per heavy atom. The number of aliphatic hydroxyl groups is 2. The van der Waals surface area contributed by atoms with Gasteiger partial charge in [0, 0.05) is 23.0 Å². The molecule has 0 unspecified atom stereocenters. The number of hydrogen-bond acceptors (Lipinski definition) is 7. The summed E-state index contributed by atoms with van der Waals surface area (Å²) in [6.07, 6.45) is 0.